The van der Waals surface area contributed by atoms with Crippen LogP contribution < -0.4 is 11.1 Å². The van der Waals surface area contributed by atoms with Gasteiger partial charge in [-0.1, -0.05) is 12.1 Å². The highest BCUT2D eigenvalue weighted by atomic mass is 32.1. The van der Waals surface area contributed by atoms with Crippen molar-refractivity contribution in [1.82, 2.24) is 25.1 Å². The third-order valence-corrected chi connectivity index (χ3v) is 11.0. The molecule has 1 amide bonds. The number of anilines is 1. The molecule has 2 atom stereocenters. The monoisotopic (exact) mass is 680 g/mol. The maximum absolute atomic E-state index is 14.5. The van der Waals surface area contributed by atoms with E-state index in [1.807, 2.05) is 17.0 Å². The minimum atomic E-state index is -0.741. The van der Waals surface area contributed by atoms with Crippen LogP contribution in [0.25, 0.3) is 32.0 Å². The highest BCUT2D eigenvalue weighted by molar-refractivity contribution is 7.23. The van der Waals surface area contributed by atoms with Gasteiger partial charge in [-0.3, -0.25) is 9.78 Å². The topological polar surface area (TPSA) is 117 Å². The molecule has 0 unspecified atom stereocenters. The number of aryl methyl sites for hydroxylation is 2. The van der Waals surface area contributed by atoms with Crippen LogP contribution in [0.5, 0.6) is 0 Å². The fourth-order valence-electron chi connectivity index (χ4n) is 7.61. The molecule has 1 aliphatic carbocycles. The Balaban J connectivity index is 1.21. The summed E-state index contributed by atoms with van der Waals surface area (Å²) in [5, 5.41) is 10.8. The average Bonchev–Trinajstić information content (AvgIpc) is 3.92. The minimum Gasteiger partial charge on any atom is -0.388 e. The van der Waals surface area contributed by atoms with Crippen LogP contribution in [-0.4, -0.2) is 37.5 Å². The fraction of sp³-hybridized carbons (Fsp3) is 0.250. The SMILES string of the molecule is O=C1c2c(nc(CCc3ccc(F)cc3)c(-c3n[nH]c(=O)o3)c2-c2cc3ccnc(N[C@@H]4CCc5c(F)cc(F)cc54)c3s2)[C@H]2CCCN12. The van der Waals surface area contributed by atoms with Crippen LogP contribution in [0.1, 0.15) is 69.8 Å². The molecule has 1 saturated heterocycles. The molecule has 2 aromatic carbocycles. The summed E-state index contributed by atoms with van der Waals surface area (Å²) in [7, 11) is 0. The molecule has 49 heavy (non-hydrogen) atoms. The summed E-state index contributed by atoms with van der Waals surface area (Å²) >= 11 is 1.41. The van der Waals surface area contributed by atoms with Gasteiger partial charge in [-0.25, -0.2) is 28.0 Å². The number of hydrogen-bond donors (Lipinski definition) is 2. The zero-order valence-corrected chi connectivity index (χ0v) is 26.7. The molecule has 9 rings (SSSR count). The van der Waals surface area contributed by atoms with Crippen molar-refractivity contribution in [3.63, 3.8) is 0 Å². The van der Waals surface area contributed by atoms with E-state index < -0.39 is 17.4 Å². The molecule has 3 aliphatic rings. The minimum absolute atomic E-state index is 0.0183. The molecular formula is C36H27F3N6O3S. The lowest BCUT2D eigenvalue weighted by Gasteiger charge is -2.16. The Morgan fingerprint density at radius 3 is 2.65 bits per heavy atom. The maximum atomic E-state index is 14.5. The van der Waals surface area contributed by atoms with Gasteiger partial charge < -0.3 is 14.6 Å². The van der Waals surface area contributed by atoms with Crippen LogP contribution in [-0.2, 0) is 19.3 Å². The van der Waals surface area contributed by atoms with Gasteiger partial charge in [0.15, 0.2) is 0 Å². The molecule has 4 aromatic heterocycles. The highest BCUT2D eigenvalue weighted by Gasteiger charge is 2.45. The van der Waals surface area contributed by atoms with Gasteiger partial charge >= 0.3 is 5.76 Å². The molecular weight excluding hydrogens is 653 g/mol. The molecule has 6 aromatic rings. The van der Waals surface area contributed by atoms with Gasteiger partial charge in [0.2, 0.25) is 0 Å². The number of thiophene rings is 1. The predicted molar refractivity (Wildman–Crippen MR) is 177 cm³/mol. The third-order valence-electron chi connectivity index (χ3n) is 9.80. The molecule has 0 spiro atoms. The summed E-state index contributed by atoms with van der Waals surface area (Å²) in [5.41, 5.74) is 4.75. The Labute approximate surface area is 280 Å². The first-order valence-electron chi connectivity index (χ1n) is 16.1. The number of aromatic nitrogens is 4. The fourth-order valence-corrected chi connectivity index (χ4v) is 8.77. The van der Waals surface area contributed by atoms with Gasteiger partial charge in [-0.15, -0.1) is 16.4 Å². The van der Waals surface area contributed by atoms with E-state index in [9.17, 15) is 22.8 Å². The summed E-state index contributed by atoms with van der Waals surface area (Å²) in [6.45, 7) is 0.617. The lowest BCUT2D eigenvalue weighted by Crippen LogP contribution is -2.22. The van der Waals surface area contributed by atoms with Crippen LogP contribution in [0.4, 0.5) is 19.0 Å². The Bertz CT molecular complexity index is 2370. The summed E-state index contributed by atoms with van der Waals surface area (Å²) in [6.07, 6.45) is 5.31. The molecule has 1 fully saturated rings. The Hall–Kier alpha value is -5.30. The molecule has 246 valence electrons. The Morgan fingerprint density at radius 1 is 0.980 bits per heavy atom. The Morgan fingerprint density at radius 2 is 1.84 bits per heavy atom. The summed E-state index contributed by atoms with van der Waals surface area (Å²) in [6, 6.07) is 11.9. The first-order chi connectivity index (χ1) is 23.8. The van der Waals surface area contributed by atoms with E-state index in [-0.39, 0.29) is 29.7 Å². The number of benzene rings is 2. The number of nitrogens with zero attached hydrogens (tertiary/aromatic N) is 4. The van der Waals surface area contributed by atoms with Gasteiger partial charge in [-0.05, 0) is 90.9 Å². The summed E-state index contributed by atoms with van der Waals surface area (Å²) in [4.78, 5) is 38.7. The van der Waals surface area contributed by atoms with Gasteiger partial charge in [0.05, 0.1) is 39.3 Å². The quantitative estimate of drug-likeness (QED) is 0.182. The van der Waals surface area contributed by atoms with Crippen LogP contribution in [0.15, 0.2) is 63.9 Å². The van der Waals surface area contributed by atoms with Gasteiger partial charge in [0.25, 0.3) is 11.8 Å². The molecule has 0 bridgehead atoms. The molecule has 2 aliphatic heterocycles. The van der Waals surface area contributed by atoms with E-state index in [4.69, 9.17) is 9.40 Å². The van der Waals surface area contributed by atoms with E-state index in [2.05, 4.69) is 20.5 Å². The van der Waals surface area contributed by atoms with Crippen LogP contribution in [0, 0.1) is 17.5 Å². The lowest BCUT2D eigenvalue weighted by molar-refractivity contribution is 0.0776. The number of fused-ring (bicyclic) bond motifs is 5. The van der Waals surface area contributed by atoms with Crippen LogP contribution in [0.3, 0.4) is 0 Å². The van der Waals surface area contributed by atoms with Crippen molar-refractivity contribution in [1.29, 1.82) is 0 Å². The number of amides is 1. The second-order valence-electron chi connectivity index (χ2n) is 12.6. The molecule has 0 radical (unpaired) electrons. The summed E-state index contributed by atoms with van der Waals surface area (Å²) < 4.78 is 48.8. The normalized spacial score (nSPS) is 17.9. The van der Waals surface area contributed by atoms with Crippen molar-refractivity contribution < 1.29 is 22.4 Å². The smallest absolute Gasteiger partial charge is 0.388 e. The Kier molecular flexibility index (Phi) is 6.94. The molecule has 0 saturated carbocycles. The predicted octanol–water partition coefficient (Wildman–Crippen LogP) is 7.29. The molecule has 6 heterocycles. The zero-order valence-electron chi connectivity index (χ0n) is 25.9. The van der Waals surface area contributed by atoms with Crippen LogP contribution >= 0.6 is 11.3 Å². The number of pyridine rings is 2. The number of halogens is 3. The second-order valence-corrected chi connectivity index (χ2v) is 13.7. The zero-order chi connectivity index (χ0) is 33.4. The molecule has 13 heteroatoms. The molecule has 2 N–H and O–H groups in total. The van der Waals surface area contributed by atoms with Crippen molar-refractivity contribution in [2.45, 2.75) is 50.6 Å². The first kappa shape index (κ1) is 29.8. The van der Waals surface area contributed by atoms with Crippen LogP contribution in [0.2, 0.25) is 0 Å². The third kappa shape index (κ3) is 4.94. The van der Waals surface area contributed by atoms with Crippen molar-refractivity contribution in [3.8, 4) is 21.9 Å². The number of nitrogens with one attached hydrogen (secondary N) is 2. The summed E-state index contributed by atoms with van der Waals surface area (Å²) in [5.74, 6) is -1.81. The van der Waals surface area contributed by atoms with Crippen molar-refractivity contribution in [2.24, 2.45) is 0 Å². The number of aromatic amines is 1. The van der Waals surface area contributed by atoms with E-state index in [1.165, 1.54) is 29.5 Å². The van der Waals surface area contributed by atoms with Gasteiger partial charge in [0, 0.05) is 29.2 Å². The van der Waals surface area contributed by atoms with Gasteiger partial charge in [0.1, 0.15) is 23.3 Å². The number of hydrogen-bond acceptors (Lipinski definition) is 8. The van der Waals surface area contributed by atoms with E-state index in [1.54, 1.807) is 18.3 Å². The standard InChI is InChI=1S/C36H27F3N6O3S/c37-19-6-3-17(4-7-19)5-9-25-28(34-43-44-36(47)48-34)29(30-31(41-25)26-2-1-13-45(26)35(30)46)27-14-18-11-12-40-33(32(18)49-27)42-24-10-8-21-22(24)15-20(38)16-23(21)39/h3-4,6-7,11-12,14-16,24,26H,1-2,5,8-10,13H2,(H,40,42)(H,44,47)/t24-,26-/m1/s1. The second kappa shape index (κ2) is 11.4. The average molecular weight is 681 g/mol. The number of carbonyl (C=O) groups excluding carboxylic acids is 1. The van der Waals surface area contributed by atoms with Crippen molar-refractivity contribution in [3.05, 3.63) is 116 Å². The largest absolute Gasteiger partial charge is 0.434 e. The van der Waals surface area contributed by atoms with Gasteiger partial charge in [-0.2, -0.15) is 0 Å². The first-order valence-corrected chi connectivity index (χ1v) is 17.0. The molecule has 9 nitrogen and oxygen atoms in total. The number of carbonyl (C=O) groups is 1. The van der Waals surface area contributed by atoms with Crippen molar-refractivity contribution >= 4 is 33.1 Å². The highest BCUT2D eigenvalue weighted by Crippen LogP contribution is 2.50. The maximum Gasteiger partial charge on any atom is 0.434 e. The van der Waals surface area contributed by atoms with Crippen molar-refractivity contribution in [2.75, 3.05) is 11.9 Å². The van der Waals surface area contributed by atoms with E-state index in [0.717, 1.165) is 39.4 Å². The number of H-pyrrole nitrogens is 1. The lowest BCUT2D eigenvalue weighted by atomic mass is 9.93. The van der Waals surface area contributed by atoms with E-state index in [0.29, 0.717) is 77.3 Å². The van der Waals surface area contributed by atoms with E-state index >= 15 is 0 Å². The number of rotatable bonds is 7.